The minimum Gasteiger partial charge on any atom is -0.458 e. The molecule has 0 spiro atoms. The second-order valence-corrected chi connectivity index (χ2v) is 9.97. The topological polar surface area (TPSA) is 97.4 Å². The van der Waals surface area contributed by atoms with Crippen LogP contribution in [0.1, 0.15) is 25.1 Å². The van der Waals surface area contributed by atoms with E-state index in [1.807, 2.05) is 31.2 Å². The van der Waals surface area contributed by atoms with Crippen molar-refractivity contribution in [3.8, 4) is 0 Å². The first kappa shape index (κ1) is 22.9. The molecule has 164 valence electrons. The molecule has 0 amide bonds. The zero-order valence-electron chi connectivity index (χ0n) is 17.5. The van der Waals surface area contributed by atoms with Crippen LogP contribution in [0.4, 0.5) is 10.8 Å². The van der Waals surface area contributed by atoms with Gasteiger partial charge in [0.05, 0.1) is 10.6 Å². The Hall–Kier alpha value is -2.75. The molecule has 9 heteroatoms. The van der Waals surface area contributed by atoms with Gasteiger partial charge in [-0.25, -0.2) is 13.4 Å². The second-order valence-electron chi connectivity index (χ2n) is 7.40. The molecule has 2 N–H and O–H groups in total. The van der Waals surface area contributed by atoms with Crippen molar-refractivity contribution < 1.29 is 17.9 Å². The number of nitrogens with zero attached hydrogens (tertiary/aromatic N) is 1. The quantitative estimate of drug-likeness (QED) is 0.465. The number of anilines is 2. The largest absolute Gasteiger partial charge is 0.458 e. The first-order valence-corrected chi connectivity index (χ1v) is 12.1. The number of carbonyl (C=O) groups is 1. The molecular weight excluding hydrogens is 434 g/mol. The molecule has 31 heavy (non-hydrogen) atoms. The Morgan fingerprint density at radius 3 is 2.42 bits per heavy atom. The average molecular weight is 460 g/mol. The number of aromatic nitrogens is 1. The maximum atomic E-state index is 12.6. The van der Waals surface area contributed by atoms with Crippen molar-refractivity contribution in [1.82, 2.24) is 9.71 Å². The van der Waals surface area contributed by atoms with Crippen molar-refractivity contribution in [1.29, 1.82) is 0 Å². The molecule has 0 saturated carbocycles. The van der Waals surface area contributed by atoms with Gasteiger partial charge in [0.1, 0.15) is 12.6 Å². The van der Waals surface area contributed by atoms with Gasteiger partial charge in [-0.15, -0.1) is 11.3 Å². The van der Waals surface area contributed by atoms with Gasteiger partial charge in [-0.1, -0.05) is 49.7 Å². The molecule has 2 aromatic carbocycles. The normalized spacial score (nSPS) is 12.5. The van der Waals surface area contributed by atoms with Gasteiger partial charge in [-0.2, -0.15) is 4.72 Å². The van der Waals surface area contributed by atoms with Crippen LogP contribution in [0.2, 0.25) is 0 Å². The SMILES string of the molecule is Cc1ccc(Nc2nc(COC(=O)[C@@H](NS(=O)(=O)c3ccccc3)C(C)C)cs2)cc1. The van der Waals surface area contributed by atoms with E-state index >= 15 is 0 Å². The van der Waals surface area contributed by atoms with Crippen molar-refractivity contribution in [3.63, 3.8) is 0 Å². The Bertz CT molecular complexity index is 1110. The van der Waals surface area contributed by atoms with Crippen molar-refractivity contribution in [2.45, 2.75) is 38.3 Å². The molecule has 1 atom stereocenters. The molecule has 1 aromatic heterocycles. The molecule has 7 nitrogen and oxygen atoms in total. The molecule has 1 heterocycles. The molecule has 0 aliphatic heterocycles. The summed E-state index contributed by atoms with van der Waals surface area (Å²) in [6.07, 6.45) is 0. The number of esters is 1. The number of nitrogens with one attached hydrogen (secondary N) is 2. The molecule has 0 fully saturated rings. The number of hydrogen-bond acceptors (Lipinski definition) is 7. The summed E-state index contributed by atoms with van der Waals surface area (Å²) in [5.41, 5.74) is 2.67. The van der Waals surface area contributed by atoms with Crippen molar-refractivity contribution in [2.75, 3.05) is 5.32 Å². The number of carbonyl (C=O) groups excluding carboxylic acids is 1. The summed E-state index contributed by atoms with van der Waals surface area (Å²) in [5, 5.41) is 5.68. The van der Waals surface area contributed by atoms with Crippen LogP contribution >= 0.6 is 11.3 Å². The van der Waals surface area contributed by atoms with Gasteiger partial charge in [0.15, 0.2) is 5.13 Å². The Morgan fingerprint density at radius 1 is 1.10 bits per heavy atom. The Kier molecular flexibility index (Phi) is 7.42. The van der Waals surface area contributed by atoms with E-state index in [-0.39, 0.29) is 17.4 Å². The van der Waals surface area contributed by atoms with Crippen molar-refractivity contribution >= 4 is 38.1 Å². The van der Waals surface area contributed by atoms with Gasteiger partial charge in [0.25, 0.3) is 0 Å². The highest BCUT2D eigenvalue weighted by Gasteiger charge is 2.29. The van der Waals surface area contributed by atoms with Gasteiger partial charge in [-0.05, 0) is 37.1 Å². The van der Waals surface area contributed by atoms with Gasteiger partial charge >= 0.3 is 5.97 Å². The lowest BCUT2D eigenvalue weighted by atomic mass is 10.1. The number of rotatable bonds is 9. The van der Waals surface area contributed by atoms with Crippen LogP contribution in [0.5, 0.6) is 0 Å². The van der Waals surface area contributed by atoms with Crippen LogP contribution < -0.4 is 10.0 Å². The van der Waals surface area contributed by atoms with Crippen LogP contribution in [-0.2, 0) is 26.2 Å². The first-order chi connectivity index (χ1) is 14.7. The molecule has 0 radical (unpaired) electrons. The smallest absolute Gasteiger partial charge is 0.324 e. The van der Waals surface area contributed by atoms with E-state index in [0.717, 1.165) is 5.69 Å². The summed E-state index contributed by atoms with van der Waals surface area (Å²) in [6, 6.07) is 14.8. The minimum atomic E-state index is -3.84. The van der Waals surface area contributed by atoms with Crippen LogP contribution in [-0.4, -0.2) is 25.4 Å². The monoisotopic (exact) mass is 459 g/mol. The van der Waals surface area contributed by atoms with Crippen LogP contribution in [0.25, 0.3) is 0 Å². The lowest BCUT2D eigenvalue weighted by molar-refractivity contribution is -0.148. The summed E-state index contributed by atoms with van der Waals surface area (Å²) in [7, 11) is -3.84. The standard InChI is InChI=1S/C22H25N3O4S2/c1-15(2)20(25-31(27,28)19-7-5-4-6-8-19)21(26)29-13-18-14-30-22(24-18)23-17-11-9-16(3)10-12-17/h4-12,14-15,20,25H,13H2,1-3H3,(H,23,24)/t20-/m0/s1. The molecule has 0 unspecified atom stereocenters. The second kappa shape index (κ2) is 10.0. The molecule has 0 aliphatic rings. The van der Waals surface area contributed by atoms with Gasteiger partial charge in [0.2, 0.25) is 10.0 Å². The zero-order chi connectivity index (χ0) is 22.4. The fourth-order valence-corrected chi connectivity index (χ4v) is 4.79. The predicted molar refractivity (Wildman–Crippen MR) is 122 cm³/mol. The van der Waals surface area contributed by atoms with Gasteiger partial charge in [-0.3, -0.25) is 4.79 Å². The van der Waals surface area contributed by atoms with E-state index in [2.05, 4.69) is 15.0 Å². The van der Waals surface area contributed by atoms with Crippen molar-refractivity contribution in [3.05, 3.63) is 71.2 Å². The third-order valence-corrected chi connectivity index (χ3v) is 6.74. The summed E-state index contributed by atoms with van der Waals surface area (Å²) in [6.45, 7) is 5.49. The Morgan fingerprint density at radius 2 is 1.77 bits per heavy atom. The first-order valence-electron chi connectivity index (χ1n) is 9.77. The average Bonchev–Trinajstić information content (AvgIpc) is 3.20. The van der Waals surface area contributed by atoms with Crippen molar-refractivity contribution in [2.24, 2.45) is 5.92 Å². The number of hydrogen-bond donors (Lipinski definition) is 2. The summed E-state index contributed by atoms with van der Waals surface area (Å²) < 4.78 is 33.0. The number of aryl methyl sites for hydroxylation is 1. The van der Waals surface area contributed by atoms with Gasteiger partial charge in [0, 0.05) is 11.1 Å². The highest BCUT2D eigenvalue weighted by atomic mass is 32.2. The van der Waals surface area contributed by atoms with Gasteiger partial charge < -0.3 is 10.1 Å². The fourth-order valence-electron chi connectivity index (χ4n) is 2.72. The van der Waals surface area contributed by atoms with E-state index in [9.17, 15) is 13.2 Å². The number of benzene rings is 2. The lowest BCUT2D eigenvalue weighted by Gasteiger charge is -2.20. The van der Waals surface area contributed by atoms with E-state index < -0.39 is 22.0 Å². The molecule has 3 aromatic rings. The summed E-state index contributed by atoms with van der Waals surface area (Å²) in [5.74, 6) is -0.935. The maximum absolute atomic E-state index is 12.6. The van der Waals surface area contributed by atoms with Crippen LogP contribution in [0, 0.1) is 12.8 Å². The van der Waals surface area contributed by atoms with Crippen LogP contribution in [0.3, 0.4) is 0 Å². The Balaban J connectivity index is 1.60. The molecule has 0 saturated heterocycles. The highest BCUT2D eigenvalue weighted by molar-refractivity contribution is 7.89. The third-order valence-electron chi connectivity index (χ3n) is 4.47. The number of sulfonamides is 1. The Labute approximate surface area is 186 Å². The number of ether oxygens (including phenoxy) is 1. The minimum absolute atomic E-state index is 0.0405. The van der Waals surface area contributed by atoms with Crippen LogP contribution in [0.15, 0.2) is 64.9 Å². The van der Waals surface area contributed by atoms with E-state index in [1.54, 1.807) is 37.4 Å². The predicted octanol–water partition coefficient (Wildman–Crippen LogP) is 4.24. The molecular formula is C22H25N3O4S2. The molecule has 0 aliphatic carbocycles. The summed E-state index contributed by atoms with van der Waals surface area (Å²) in [4.78, 5) is 17.1. The van der Waals surface area contributed by atoms with E-state index in [1.165, 1.54) is 29.0 Å². The van der Waals surface area contributed by atoms with E-state index in [4.69, 9.17) is 4.74 Å². The van der Waals surface area contributed by atoms with E-state index in [0.29, 0.717) is 10.8 Å². The zero-order valence-corrected chi connectivity index (χ0v) is 19.2. The molecule has 3 rings (SSSR count). The molecule has 0 bridgehead atoms. The fraction of sp³-hybridized carbons (Fsp3) is 0.273. The highest BCUT2D eigenvalue weighted by Crippen LogP contribution is 2.22. The lowest BCUT2D eigenvalue weighted by Crippen LogP contribution is -2.45. The third kappa shape index (κ3) is 6.36. The maximum Gasteiger partial charge on any atom is 0.324 e. The summed E-state index contributed by atoms with van der Waals surface area (Å²) >= 11 is 1.40. The number of thiazole rings is 1.